The normalized spacial score (nSPS) is 11.8. The topological polar surface area (TPSA) is 29.9 Å². The van der Waals surface area contributed by atoms with Gasteiger partial charge in [-0.15, -0.1) is 0 Å². The molecule has 0 saturated heterocycles. The molecule has 2 nitrogen and oxygen atoms in total. The van der Waals surface area contributed by atoms with Crippen molar-refractivity contribution in [2.75, 3.05) is 6.54 Å². The molecule has 0 amide bonds. The zero-order chi connectivity index (χ0) is 19.6. The van der Waals surface area contributed by atoms with Crippen molar-refractivity contribution < 1.29 is 4.57 Å². The van der Waals surface area contributed by atoms with Crippen LogP contribution < -0.4 is 10.3 Å². The Hall–Kier alpha value is -3.49. The summed E-state index contributed by atoms with van der Waals surface area (Å²) in [6.07, 6.45) is 6.60. The SMILES string of the molecule is NCC[n+]1ccc(/C=C/c2cc3ccccc3c3ccccc23)c2ccccc21. The van der Waals surface area contributed by atoms with Crippen LogP contribution in [0.3, 0.4) is 0 Å². The first-order valence-corrected chi connectivity index (χ1v) is 10.0. The van der Waals surface area contributed by atoms with Crippen LogP contribution in [0.25, 0.3) is 44.6 Å². The fraction of sp³-hybridized carbons (Fsp3) is 0.0741. The van der Waals surface area contributed by atoms with Crippen LogP contribution in [0.2, 0.25) is 0 Å². The summed E-state index contributed by atoms with van der Waals surface area (Å²) in [6, 6.07) is 30.2. The van der Waals surface area contributed by atoms with E-state index >= 15 is 0 Å². The lowest BCUT2D eigenvalue weighted by Crippen LogP contribution is -2.37. The number of nitrogens with two attached hydrogens (primary N) is 1. The van der Waals surface area contributed by atoms with Crippen LogP contribution in [-0.2, 0) is 6.54 Å². The summed E-state index contributed by atoms with van der Waals surface area (Å²) in [5.74, 6) is 0. The van der Waals surface area contributed by atoms with E-state index < -0.39 is 0 Å². The van der Waals surface area contributed by atoms with Crippen molar-refractivity contribution >= 4 is 44.6 Å². The minimum absolute atomic E-state index is 0.632. The molecular weight excluding hydrogens is 352 g/mol. The van der Waals surface area contributed by atoms with Crippen molar-refractivity contribution in [3.8, 4) is 0 Å². The van der Waals surface area contributed by atoms with Crippen molar-refractivity contribution in [2.45, 2.75) is 6.54 Å². The van der Waals surface area contributed by atoms with Crippen LogP contribution in [0.4, 0.5) is 0 Å². The van der Waals surface area contributed by atoms with Gasteiger partial charge in [-0.3, -0.25) is 0 Å². The molecule has 2 heteroatoms. The molecular formula is C27H23N2+. The number of rotatable bonds is 4. The van der Waals surface area contributed by atoms with Gasteiger partial charge in [-0.2, -0.15) is 4.57 Å². The van der Waals surface area contributed by atoms with Crippen LogP contribution in [0, 0.1) is 0 Å². The standard InChI is InChI=1S/C27H23N2/c28-16-18-29-17-15-20(25-10-5-6-12-27(25)29)13-14-22-19-21-7-1-2-8-23(21)26-11-4-3-9-24(22)26/h1-15,17,19H,16,18,28H2/q+1/b14-13+. The second-order valence-electron chi connectivity index (χ2n) is 7.34. The van der Waals surface area contributed by atoms with E-state index in [9.17, 15) is 0 Å². The zero-order valence-corrected chi connectivity index (χ0v) is 16.3. The first kappa shape index (κ1) is 17.6. The molecule has 0 bridgehead atoms. The molecule has 0 saturated carbocycles. The second-order valence-corrected chi connectivity index (χ2v) is 7.34. The minimum atomic E-state index is 0.632. The molecule has 0 atom stereocenters. The summed E-state index contributed by atoms with van der Waals surface area (Å²) in [5.41, 5.74) is 9.45. The van der Waals surface area contributed by atoms with Gasteiger partial charge in [0.15, 0.2) is 12.7 Å². The van der Waals surface area contributed by atoms with Gasteiger partial charge in [0, 0.05) is 12.1 Å². The molecule has 0 unspecified atom stereocenters. The summed E-state index contributed by atoms with van der Waals surface area (Å²) in [4.78, 5) is 0. The molecule has 1 aromatic heterocycles. The number of hydrogen-bond donors (Lipinski definition) is 1. The average molecular weight is 375 g/mol. The van der Waals surface area contributed by atoms with Crippen molar-refractivity contribution in [3.05, 3.63) is 102 Å². The number of pyridine rings is 1. The Kier molecular flexibility index (Phi) is 4.55. The molecule has 0 spiro atoms. The molecule has 0 aliphatic carbocycles. The molecule has 29 heavy (non-hydrogen) atoms. The number of fused-ring (bicyclic) bond motifs is 4. The van der Waals surface area contributed by atoms with E-state index in [-0.39, 0.29) is 0 Å². The number of benzene rings is 4. The summed E-state index contributed by atoms with van der Waals surface area (Å²) >= 11 is 0. The summed E-state index contributed by atoms with van der Waals surface area (Å²) < 4.78 is 2.22. The lowest BCUT2D eigenvalue weighted by molar-refractivity contribution is -0.668. The molecule has 1 heterocycles. The summed E-state index contributed by atoms with van der Waals surface area (Å²) in [6.45, 7) is 1.45. The van der Waals surface area contributed by atoms with E-state index in [1.165, 1.54) is 43.6 Å². The lowest BCUT2D eigenvalue weighted by Gasteiger charge is -2.08. The van der Waals surface area contributed by atoms with Crippen LogP contribution in [0.15, 0.2) is 91.1 Å². The molecule has 0 aliphatic heterocycles. The van der Waals surface area contributed by atoms with Crippen LogP contribution >= 0.6 is 0 Å². The molecule has 0 aliphatic rings. The van der Waals surface area contributed by atoms with Crippen molar-refractivity contribution in [3.63, 3.8) is 0 Å². The Balaban J connectivity index is 1.67. The quantitative estimate of drug-likeness (QED) is 0.323. The maximum Gasteiger partial charge on any atom is 0.213 e. The van der Waals surface area contributed by atoms with E-state index in [0.717, 1.165) is 6.54 Å². The highest BCUT2D eigenvalue weighted by atomic mass is 15.0. The third-order valence-electron chi connectivity index (χ3n) is 5.57. The highest BCUT2D eigenvalue weighted by molar-refractivity contribution is 6.11. The Morgan fingerprint density at radius 3 is 2.14 bits per heavy atom. The smallest absolute Gasteiger partial charge is 0.213 e. The first-order chi connectivity index (χ1) is 14.3. The molecule has 5 rings (SSSR count). The Morgan fingerprint density at radius 1 is 0.655 bits per heavy atom. The van der Waals surface area contributed by atoms with Crippen molar-refractivity contribution in [2.24, 2.45) is 5.73 Å². The van der Waals surface area contributed by atoms with E-state index in [1.54, 1.807) is 0 Å². The third-order valence-corrected chi connectivity index (χ3v) is 5.57. The Labute approximate surface area is 170 Å². The molecule has 5 aromatic rings. The number of nitrogens with zero attached hydrogens (tertiary/aromatic N) is 1. The van der Waals surface area contributed by atoms with E-state index in [4.69, 9.17) is 5.73 Å². The van der Waals surface area contributed by atoms with Gasteiger partial charge in [0.1, 0.15) is 0 Å². The lowest BCUT2D eigenvalue weighted by atomic mass is 9.96. The highest BCUT2D eigenvalue weighted by Crippen LogP contribution is 2.30. The van der Waals surface area contributed by atoms with Gasteiger partial charge in [-0.25, -0.2) is 0 Å². The number of hydrogen-bond acceptors (Lipinski definition) is 1. The van der Waals surface area contributed by atoms with Crippen LogP contribution in [0.5, 0.6) is 0 Å². The van der Waals surface area contributed by atoms with Gasteiger partial charge in [0.25, 0.3) is 0 Å². The van der Waals surface area contributed by atoms with Gasteiger partial charge in [-0.05, 0) is 44.8 Å². The predicted octanol–water partition coefficient (Wildman–Crippen LogP) is 5.56. The summed E-state index contributed by atoms with van der Waals surface area (Å²) in [7, 11) is 0. The maximum absolute atomic E-state index is 5.79. The maximum atomic E-state index is 5.79. The van der Waals surface area contributed by atoms with Gasteiger partial charge < -0.3 is 5.73 Å². The second kappa shape index (κ2) is 7.50. The molecule has 140 valence electrons. The molecule has 4 aromatic carbocycles. The summed E-state index contributed by atoms with van der Waals surface area (Å²) in [5, 5.41) is 6.38. The Bertz CT molecular complexity index is 1370. The third kappa shape index (κ3) is 3.18. The zero-order valence-electron chi connectivity index (χ0n) is 16.3. The fourth-order valence-electron chi connectivity index (χ4n) is 4.19. The van der Waals surface area contributed by atoms with Gasteiger partial charge >= 0.3 is 0 Å². The van der Waals surface area contributed by atoms with E-state index in [0.29, 0.717) is 6.54 Å². The van der Waals surface area contributed by atoms with Crippen molar-refractivity contribution in [1.82, 2.24) is 0 Å². The predicted molar refractivity (Wildman–Crippen MR) is 124 cm³/mol. The first-order valence-electron chi connectivity index (χ1n) is 10.0. The molecule has 2 N–H and O–H groups in total. The highest BCUT2D eigenvalue weighted by Gasteiger charge is 2.10. The minimum Gasteiger partial charge on any atom is -0.325 e. The van der Waals surface area contributed by atoms with Gasteiger partial charge in [0.2, 0.25) is 5.52 Å². The largest absolute Gasteiger partial charge is 0.325 e. The fourth-order valence-corrected chi connectivity index (χ4v) is 4.19. The number of aromatic nitrogens is 1. The van der Waals surface area contributed by atoms with Gasteiger partial charge in [0.05, 0.1) is 11.9 Å². The monoisotopic (exact) mass is 375 g/mol. The molecule has 0 radical (unpaired) electrons. The average Bonchev–Trinajstić information content (AvgIpc) is 2.78. The molecule has 0 fully saturated rings. The van der Waals surface area contributed by atoms with E-state index in [1.807, 2.05) is 0 Å². The Morgan fingerprint density at radius 2 is 1.31 bits per heavy atom. The van der Waals surface area contributed by atoms with Crippen molar-refractivity contribution in [1.29, 1.82) is 0 Å². The van der Waals surface area contributed by atoms with Gasteiger partial charge in [-0.1, -0.05) is 72.8 Å². The van der Waals surface area contributed by atoms with Crippen LogP contribution in [0.1, 0.15) is 11.1 Å². The van der Waals surface area contributed by atoms with E-state index in [2.05, 4.69) is 108 Å². The van der Waals surface area contributed by atoms with Crippen LogP contribution in [-0.4, -0.2) is 6.54 Å². The number of para-hydroxylation sites is 1.